The fourth-order valence-corrected chi connectivity index (χ4v) is 3.36. The van der Waals surface area contributed by atoms with Gasteiger partial charge in [0.25, 0.3) is 0 Å². The minimum Gasteiger partial charge on any atom is -0.206 e. The van der Waals surface area contributed by atoms with Crippen LogP contribution in [0.15, 0.2) is 24.3 Å². The van der Waals surface area contributed by atoms with Crippen LogP contribution >= 0.6 is 0 Å². The van der Waals surface area contributed by atoms with Gasteiger partial charge in [-0.15, -0.1) is 0 Å². The topological polar surface area (TPSA) is 0 Å². The predicted octanol–water partition coefficient (Wildman–Crippen LogP) is 6.51. The number of hydrogen-bond acceptors (Lipinski definition) is 0. The van der Waals surface area contributed by atoms with Crippen molar-refractivity contribution in [1.29, 1.82) is 0 Å². The lowest BCUT2D eigenvalue weighted by atomic mass is 9.77. The molecule has 0 aromatic heterocycles. The van der Waals surface area contributed by atoms with Gasteiger partial charge in [0.1, 0.15) is 11.6 Å². The van der Waals surface area contributed by atoms with E-state index in [0.29, 0.717) is 11.5 Å². The Morgan fingerprint density at radius 3 is 2.20 bits per heavy atom. The minimum absolute atomic E-state index is 0.0478. The summed E-state index contributed by atoms with van der Waals surface area (Å²) in [5, 5.41) is 0. The van der Waals surface area contributed by atoms with E-state index in [1.54, 1.807) is 5.92 Å². The molecule has 1 saturated carbocycles. The van der Waals surface area contributed by atoms with E-state index in [9.17, 15) is 22.0 Å². The van der Waals surface area contributed by atoms with Crippen molar-refractivity contribution >= 4 is 0 Å². The molecule has 0 radical (unpaired) electrons. The minimum atomic E-state index is -4.77. The predicted molar refractivity (Wildman–Crippen MR) is 88.0 cm³/mol. The van der Waals surface area contributed by atoms with Crippen molar-refractivity contribution in [2.24, 2.45) is 5.92 Å². The molecule has 5 heteroatoms. The second-order valence-corrected chi connectivity index (χ2v) is 6.47. The molecule has 0 amide bonds. The average Bonchev–Trinajstić information content (AvgIpc) is 2.54. The van der Waals surface area contributed by atoms with E-state index in [1.165, 1.54) is 0 Å². The number of halogens is 5. The summed E-state index contributed by atoms with van der Waals surface area (Å²) in [4.78, 5) is 0. The zero-order valence-corrected chi connectivity index (χ0v) is 14.1. The molecule has 0 unspecified atom stereocenters. The second-order valence-electron chi connectivity index (χ2n) is 6.47. The van der Waals surface area contributed by atoms with Crippen molar-refractivity contribution in [3.05, 3.63) is 47.0 Å². The fourth-order valence-electron chi connectivity index (χ4n) is 3.36. The van der Waals surface area contributed by atoms with Crippen LogP contribution < -0.4 is 0 Å². The van der Waals surface area contributed by atoms with Crippen LogP contribution in [-0.2, 0) is 0 Å². The van der Waals surface area contributed by atoms with E-state index in [0.717, 1.165) is 56.6 Å². The van der Waals surface area contributed by atoms with Gasteiger partial charge in [-0.25, -0.2) is 8.78 Å². The zero-order valence-electron chi connectivity index (χ0n) is 14.1. The molecular weight excluding hydrogens is 335 g/mol. The maximum atomic E-state index is 14.0. The first-order chi connectivity index (χ1) is 11.8. The molecule has 1 aliphatic rings. The number of alkyl halides is 3. The lowest BCUT2D eigenvalue weighted by Gasteiger charge is -2.28. The number of hydrogen-bond donors (Lipinski definition) is 0. The Morgan fingerprint density at radius 1 is 1.08 bits per heavy atom. The van der Waals surface area contributed by atoms with E-state index in [-0.39, 0.29) is 5.92 Å². The van der Waals surface area contributed by atoms with Gasteiger partial charge < -0.3 is 0 Å². The fraction of sp³-hybridized carbons (Fsp3) is 0.500. The molecule has 0 saturated heterocycles. The van der Waals surface area contributed by atoms with Crippen LogP contribution in [0.1, 0.15) is 62.5 Å². The molecule has 136 valence electrons. The van der Waals surface area contributed by atoms with Crippen molar-refractivity contribution in [2.45, 2.75) is 57.5 Å². The van der Waals surface area contributed by atoms with Gasteiger partial charge in [0, 0.05) is 5.92 Å². The Bertz CT molecular complexity index is 645. The van der Waals surface area contributed by atoms with E-state index in [4.69, 9.17) is 0 Å². The summed E-state index contributed by atoms with van der Waals surface area (Å²) in [5.41, 5.74) is -0.305. The van der Waals surface area contributed by atoms with Gasteiger partial charge >= 0.3 is 6.18 Å². The largest absolute Gasteiger partial charge is 0.458 e. The van der Waals surface area contributed by atoms with Crippen LogP contribution in [0.2, 0.25) is 0 Å². The van der Waals surface area contributed by atoms with Crippen molar-refractivity contribution < 1.29 is 22.0 Å². The molecule has 0 nitrogen and oxygen atoms in total. The normalized spacial score (nSPS) is 21.2. The summed E-state index contributed by atoms with van der Waals surface area (Å²) in [6.45, 7) is 1.99. The monoisotopic (exact) mass is 356 g/mol. The molecule has 0 N–H and O–H groups in total. The Balaban J connectivity index is 2.05. The van der Waals surface area contributed by atoms with Gasteiger partial charge in [0.05, 0.1) is 5.56 Å². The van der Waals surface area contributed by atoms with E-state index < -0.39 is 23.4 Å². The molecule has 2 rings (SSSR count). The molecule has 0 bridgehead atoms. The quantitative estimate of drug-likeness (QED) is 0.328. The molecule has 0 aliphatic heterocycles. The third-order valence-corrected chi connectivity index (χ3v) is 4.69. The highest BCUT2D eigenvalue weighted by molar-refractivity contribution is 5.40. The third kappa shape index (κ3) is 5.88. The highest BCUT2D eigenvalue weighted by Crippen LogP contribution is 2.38. The van der Waals surface area contributed by atoms with Crippen molar-refractivity contribution in [3.8, 4) is 11.8 Å². The van der Waals surface area contributed by atoms with Crippen LogP contribution in [-0.4, -0.2) is 6.18 Å². The number of allylic oxidation sites excluding steroid dienone is 2. The van der Waals surface area contributed by atoms with E-state index in [1.807, 2.05) is 13.0 Å². The molecule has 1 aliphatic carbocycles. The first-order valence-electron chi connectivity index (χ1n) is 8.50. The molecule has 1 fully saturated rings. The molecular formula is C20H21F5. The third-order valence-electron chi connectivity index (χ3n) is 4.69. The van der Waals surface area contributed by atoms with Gasteiger partial charge in [0.2, 0.25) is 0 Å². The molecule has 0 atom stereocenters. The Morgan fingerprint density at radius 2 is 1.68 bits per heavy atom. The Kier molecular flexibility index (Phi) is 6.64. The van der Waals surface area contributed by atoms with Crippen molar-refractivity contribution in [2.75, 3.05) is 0 Å². The summed E-state index contributed by atoms with van der Waals surface area (Å²) >= 11 is 0. The Hall–Kier alpha value is -1.83. The summed E-state index contributed by atoms with van der Waals surface area (Å²) in [7, 11) is 0. The molecule has 1 aromatic rings. The highest BCUT2D eigenvalue weighted by atomic mass is 19.4. The molecule has 0 spiro atoms. The zero-order chi connectivity index (χ0) is 18.4. The van der Waals surface area contributed by atoms with Gasteiger partial charge in [-0.2, -0.15) is 13.2 Å². The summed E-state index contributed by atoms with van der Waals surface area (Å²) < 4.78 is 64.3. The van der Waals surface area contributed by atoms with Gasteiger partial charge in [-0.05, 0) is 75.0 Å². The maximum absolute atomic E-state index is 14.0. The van der Waals surface area contributed by atoms with Crippen LogP contribution in [0, 0.1) is 29.4 Å². The summed E-state index contributed by atoms with van der Waals surface area (Å²) in [6.07, 6.45) is 5.23. The summed E-state index contributed by atoms with van der Waals surface area (Å²) in [6, 6.07) is 2.27. The maximum Gasteiger partial charge on any atom is 0.458 e. The van der Waals surface area contributed by atoms with Gasteiger partial charge in [0.15, 0.2) is 0 Å². The standard InChI is InChI=1S/C20H21F5/c1-2-3-4-5-14-6-8-15(9-7-14)16-12-18(21)17(19(22)13-16)10-11-20(23,24)25/h2-3,12-15H,4-9H2,1H3. The Labute approximate surface area is 145 Å². The van der Waals surface area contributed by atoms with Crippen LogP contribution in [0.5, 0.6) is 0 Å². The lowest BCUT2D eigenvalue weighted by Crippen LogP contribution is -2.14. The smallest absolute Gasteiger partial charge is 0.206 e. The van der Waals surface area contributed by atoms with Gasteiger partial charge in [-0.1, -0.05) is 18.1 Å². The SMILES string of the molecule is CC=CCCC1CCC(c2cc(F)c(C#CC(F)(F)F)c(F)c2)CC1. The molecule has 1 aromatic carbocycles. The first kappa shape index (κ1) is 19.5. The lowest BCUT2D eigenvalue weighted by molar-refractivity contribution is -0.0696. The highest BCUT2D eigenvalue weighted by Gasteiger charge is 2.25. The molecule has 25 heavy (non-hydrogen) atoms. The van der Waals surface area contributed by atoms with Crippen molar-refractivity contribution in [3.63, 3.8) is 0 Å². The van der Waals surface area contributed by atoms with Gasteiger partial charge in [-0.3, -0.25) is 0 Å². The number of rotatable bonds is 4. The van der Waals surface area contributed by atoms with E-state index in [2.05, 4.69) is 6.08 Å². The average molecular weight is 356 g/mol. The van der Waals surface area contributed by atoms with E-state index >= 15 is 0 Å². The second kappa shape index (κ2) is 8.51. The number of benzene rings is 1. The van der Waals surface area contributed by atoms with Crippen LogP contribution in [0.25, 0.3) is 0 Å². The summed E-state index contributed by atoms with van der Waals surface area (Å²) in [5.74, 6) is 1.09. The van der Waals surface area contributed by atoms with Crippen LogP contribution in [0.3, 0.4) is 0 Å². The van der Waals surface area contributed by atoms with Crippen LogP contribution in [0.4, 0.5) is 22.0 Å². The first-order valence-corrected chi connectivity index (χ1v) is 8.50. The molecule has 0 heterocycles. The van der Waals surface area contributed by atoms with Crippen molar-refractivity contribution in [1.82, 2.24) is 0 Å².